The van der Waals surface area contributed by atoms with Crippen molar-refractivity contribution in [2.75, 3.05) is 0 Å². The molecule has 0 amide bonds. The molecule has 0 aliphatic carbocycles. The highest BCUT2D eigenvalue weighted by Crippen LogP contribution is 2.59. The Kier molecular flexibility index (Phi) is 2.94. The highest BCUT2D eigenvalue weighted by molar-refractivity contribution is 5.42. The van der Waals surface area contributed by atoms with Crippen molar-refractivity contribution in [1.82, 2.24) is 0 Å². The molecule has 1 aliphatic rings. The molecule has 2 rings (SSSR count). The summed E-state index contributed by atoms with van der Waals surface area (Å²) in [4.78, 5) is 0. The van der Waals surface area contributed by atoms with Gasteiger partial charge in [-0.05, 0) is 6.07 Å². The fourth-order valence-corrected chi connectivity index (χ4v) is 1.81. The molecule has 0 spiro atoms. The van der Waals surface area contributed by atoms with Crippen LogP contribution >= 0.6 is 0 Å². The van der Waals surface area contributed by atoms with E-state index < -0.39 is 35.6 Å². The molecule has 112 valence electrons. The van der Waals surface area contributed by atoms with Gasteiger partial charge >= 0.3 is 18.6 Å². The van der Waals surface area contributed by atoms with E-state index in [4.69, 9.17) is 0 Å². The van der Waals surface area contributed by atoms with Gasteiger partial charge in [-0.3, -0.25) is 4.74 Å². The molecular weight excluding hydrogens is 304 g/mol. The molecule has 2 nitrogen and oxygen atoms in total. The number of hydrogen-bond donors (Lipinski definition) is 0. The highest BCUT2D eigenvalue weighted by atomic mass is 19.4. The lowest BCUT2D eigenvalue weighted by Crippen LogP contribution is -2.61. The molecule has 1 aliphatic heterocycles. The molecular formula is C10H4F8O2. The van der Waals surface area contributed by atoms with E-state index in [-0.39, 0.29) is 0 Å². The maximum Gasteiger partial charge on any atom is 0.536 e. The Bertz CT molecular complexity index is 505. The third-order valence-corrected chi connectivity index (χ3v) is 2.57. The van der Waals surface area contributed by atoms with E-state index >= 15 is 0 Å². The standard InChI is InChI=1S/C10H4F8O2/c11-8(12,13)7(9(14,15)16)5-3-1-2-4-6(5)19-10(17,18)20-7/h1-4H. The lowest BCUT2D eigenvalue weighted by molar-refractivity contribution is -0.495. The van der Waals surface area contributed by atoms with Gasteiger partial charge in [0.15, 0.2) is 0 Å². The minimum absolute atomic E-state index is 0.367. The molecule has 0 atom stereocenters. The summed E-state index contributed by atoms with van der Waals surface area (Å²) in [5, 5.41) is 0. The molecule has 0 saturated carbocycles. The first-order chi connectivity index (χ1) is 8.91. The first-order valence-corrected chi connectivity index (χ1v) is 4.91. The number of alkyl halides is 8. The third-order valence-electron chi connectivity index (χ3n) is 2.57. The molecule has 0 N–H and O–H groups in total. The molecule has 20 heavy (non-hydrogen) atoms. The van der Waals surface area contributed by atoms with Gasteiger partial charge in [-0.15, -0.1) is 8.78 Å². The molecule has 1 heterocycles. The first-order valence-electron chi connectivity index (χ1n) is 4.91. The largest absolute Gasteiger partial charge is 0.536 e. The van der Waals surface area contributed by atoms with Crippen LogP contribution in [0, 0.1) is 0 Å². The summed E-state index contributed by atoms with van der Waals surface area (Å²) in [6, 6.07) is 2.71. The summed E-state index contributed by atoms with van der Waals surface area (Å²) >= 11 is 0. The predicted octanol–water partition coefficient (Wildman–Crippen LogP) is 3.97. The number of hydrogen-bond acceptors (Lipinski definition) is 2. The van der Waals surface area contributed by atoms with E-state index in [9.17, 15) is 35.1 Å². The average molecular weight is 308 g/mol. The second-order valence-corrected chi connectivity index (χ2v) is 3.84. The van der Waals surface area contributed by atoms with Crippen molar-refractivity contribution in [2.24, 2.45) is 0 Å². The Balaban J connectivity index is 2.80. The van der Waals surface area contributed by atoms with Gasteiger partial charge in [-0.1, -0.05) is 18.2 Å². The van der Waals surface area contributed by atoms with Crippen LogP contribution in [-0.2, 0) is 10.3 Å². The maximum absolute atomic E-state index is 13.0. The van der Waals surface area contributed by atoms with Crippen molar-refractivity contribution >= 4 is 0 Å². The summed E-state index contributed by atoms with van der Waals surface area (Å²) in [6.45, 7) is 0. The van der Waals surface area contributed by atoms with Crippen molar-refractivity contribution in [2.45, 2.75) is 24.2 Å². The van der Waals surface area contributed by atoms with Crippen LogP contribution in [0.2, 0.25) is 0 Å². The minimum Gasteiger partial charge on any atom is -0.409 e. The average Bonchev–Trinajstić information content (AvgIpc) is 2.23. The van der Waals surface area contributed by atoms with Crippen LogP contribution in [0.5, 0.6) is 5.75 Å². The summed E-state index contributed by atoms with van der Waals surface area (Å²) in [5.41, 5.74) is -6.73. The molecule has 0 aromatic heterocycles. The van der Waals surface area contributed by atoms with Gasteiger partial charge in [-0.25, -0.2) is 0 Å². The smallest absolute Gasteiger partial charge is 0.409 e. The third kappa shape index (κ3) is 1.98. The molecule has 10 heteroatoms. The predicted molar refractivity (Wildman–Crippen MR) is 46.9 cm³/mol. The lowest BCUT2D eigenvalue weighted by Gasteiger charge is -2.42. The van der Waals surface area contributed by atoms with Crippen molar-refractivity contribution < 1.29 is 44.6 Å². The SMILES string of the molecule is FC1(F)Oc2ccccc2C(C(F)(F)F)(C(F)(F)F)O1. The Hall–Kier alpha value is -1.58. The van der Waals surface area contributed by atoms with E-state index in [1.807, 2.05) is 0 Å². The zero-order valence-electron chi connectivity index (χ0n) is 9.15. The van der Waals surface area contributed by atoms with Crippen molar-refractivity contribution in [3.05, 3.63) is 29.8 Å². The van der Waals surface area contributed by atoms with Crippen molar-refractivity contribution in [3.8, 4) is 5.75 Å². The van der Waals surface area contributed by atoms with Crippen LogP contribution in [0.4, 0.5) is 35.1 Å². The van der Waals surface area contributed by atoms with Crippen molar-refractivity contribution in [1.29, 1.82) is 0 Å². The Labute approximate surface area is 105 Å². The van der Waals surface area contributed by atoms with Crippen LogP contribution in [0.25, 0.3) is 0 Å². The Morgan fingerprint density at radius 1 is 0.850 bits per heavy atom. The van der Waals surface area contributed by atoms with E-state index in [1.165, 1.54) is 0 Å². The topological polar surface area (TPSA) is 18.5 Å². The van der Waals surface area contributed by atoms with E-state index in [0.717, 1.165) is 12.1 Å². The molecule has 0 radical (unpaired) electrons. The number of benzene rings is 1. The number of fused-ring (bicyclic) bond motifs is 1. The summed E-state index contributed by atoms with van der Waals surface area (Å²) < 4.78 is 110. The van der Waals surface area contributed by atoms with Gasteiger partial charge in [-0.2, -0.15) is 26.3 Å². The van der Waals surface area contributed by atoms with E-state index in [0.29, 0.717) is 12.1 Å². The van der Waals surface area contributed by atoms with E-state index in [1.54, 1.807) is 0 Å². The molecule has 0 saturated heterocycles. The van der Waals surface area contributed by atoms with E-state index in [2.05, 4.69) is 9.47 Å². The second-order valence-electron chi connectivity index (χ2n) is 3.84. The number of para-hydroxylation sites is 1. The van der Waals surface area contributed by atoms with Crippen LogP contribution in [0.15, 0.2) is 24.3 Å². The van der Waals surface area contributed by atoms with Crippen LogP contribution in [0.3, 0.4) is 0 Å². The zero-order valence-corrected chi connectivity index (χ0v) is 9.15. The normalized spacial score (nSPS) is 21.0. The van der Waals surface area contributed by atoms with Gasteiger partial charge in [0, 0.05) is 5.56 Å². The Morgan fingerprint density at radius 2 is 1.35 bits per heavy atom. The van der Waals surface area contributed by atoms with Gasteiger partial charge in [0.25, 0.3) is 5.60 Å². The molecule has 0 unspecified atom stereocenters. The highest BCUT2D eigenvalue weighted by Gasteiger charge is 2.79. The summed E-state index contributed by atoms with van der Waals surface area (Å²) in [7, 11) is 0. The minimum atomic E-state index is -6.16. The second kappa shape index (κ2) is 3.96. The molecule has 0 fully saturated rings. The van der Waals surface area contributed by atoms with Gasteiger partial charge in [0.2, 0.25) is 0 Å². The zero-order chi connectivity index (χ0) is 15.4. The maximum atomic E-state index is 13.0. The number of rotatable bonds is 0. The van der Waals surface area contributed by atoms with Crippen LogP contribution in [-0.4, -0.2) is 18.6 Å². The van der Waals surface area contributed by atoms with Crippen LogP contribution in [0.1, 0.15) is 5.56 Å². The van der Waals surface area contributed by atoms with Gasteiger partial charge in [0.05, 0.1) is 0 Å². The molecule has 1 aromatic carbocycles. The Morgan fingerprint density at radius 3 is 1.85 bits per heavy atom. The summed E-state index contributed by atoms with van der Waals surface area (Å²) in [5.74, 6) is -1.25. The van der Waals surface area contributed by atoms with Crippen LogP contribution < -0.4 is 4.74 Å². The number of halogens is 8. The van der Waals surface area contributed by atoms with Gasteiger partial charge < -0.3 is 4.74 Å². The van der Waals surface area contributed by atoms with Gasteiger partial charge in [0.1, 0.15) is 5.75 Å². The quantitative estimate of drug-likeness (QED) is 0.675. The molecule has 1 aromatic rings. The van der Waals surface area contributed by atoms with Crippen molar-refractivity contribution in [3.63, 3.8) is 0 Å². The lowest BCUT2D eigenvalue weighted by atomic mass is 9.90. The number of ether oxygens (including phenoxy) is 2. The fraction of sp³-hybridized carbons (Fsp3) is 0.400. The summed E-state index contributed by atoms with van der Waals surface area (Å²) in [6.07, 6.45) is -17.4. The monoisotopic (exact) mass is 308 g/mol. The molecule has 0 bridgehead atoms. The first kappa shape index (κ1) is 14.8. The fourth-order valence-electron chi connectivity index (χ4n) is 1.81.